The predicted molar refractivity (Wildman–Crippen MR) is 372 cm³/mol. The summed E-state index contributed by atoms with van der Waals surface area (Å²) < 4.78 is 3.87. The van der Waals surface area contributed by atoms with Crippen molar-refractivity contribution in [1.29, 1.82) is 0 Å². The molecular formula is C65H54Br3Cl8IO8. The zero-order valence-electron chi connectivity index (χ0n) is 46.9. The van der Waals surface area contributed by atoms with Gasteiger partial charge in [0.05, 0.1) is 25.1 Å². The maximum atomic E-state index is 10.9. The topological polar surface area (TPSA) is 137 Å². The van der Waals surface area contributed by atoms with Crippen LogP contribution in [0.2, 0.25) is 40.2 Å². The van der Waals surface area contributed by atoms with Crippen molar-refractivity contribution < 1.29 is 38.4 Å². The summed E-state index contributed by atoms with van der Waals surface area (Å²) in [5.74, 6) is 0.339. The van der Waals surface area contributed by atoms with Crippen molar-refractivity contribution in [2.75, 3.05) is 0 Å². The quantitative estimate of drug-likeness (QED) is 0.0833. The van der Waals surface area contributed by atoms with Crippen molar-refractivity contribution in [3.8, 4) is 0 Å². The summed E-state index contributed by atoms with van der Waals surface area (Å²) in [4.78, 5) is 86.6. The van der Waals surface area contributed by atoms with Crippen molar-refractivity contribution in [2.24, 2.45) is 0 Å². The van der Waals surface area contributed by atoms with E-state index in [-0.39, 0.29) is 51.3 Å². The van der Waals surface area contributed by atoms with Gasteiger partial charge in [0.25, 0.3) is 0 Å². The first-order valence-corrected chi connectivity index (χ1v) is 31.0. The molecule has 0 unspecified atom stereocenters. The first kappa shape index (κ1) is 78.6. The molecule has 8 aromatic rings. The molecule has 0 amide bonds. The van der Waals surface area contributed by atoms with Crippen LogP contribution in [0.5, 0.6) is 0 Å². The minimum Gasteiger partial charge on any atom is -0.295 e. The fourth-order valence-corrected chi connectivity index (χ4v) is 9.82. The molecule has 8 rings (SSSR count). The van der Waals surface area contributed by atoms with Gasteiger partial charge in [-0.3, -0.25) is 38.4 Å². The number of halogens is 12. The van der Waals surface area contributed by atoms with Crippen molar-refractivity contribution in [2.45, 2.75) is 62.3 Å². The van der Waals surface area contributed by atoms with Crippen LogP contribution in [0.4, 0.5) is 0 Å². The average molecular weight is 1610 g/mol. The molecule has 446 valence electrons. The lowest BCUT2D eigenvalue weighted by atomic mass is 10.1. The molecule has 85 heavy (non-hydrogen) atoms. The Morgan fingerprint density at radius 2 is 0.624 bits per heavy atom. The van der Waals surface area contributed by atoms with Gasteiger partial charge in [-0.05, 0) is 194 Å². The van der Waals surface area contributed by atoms with Crippen molar-refractivity contribution in [3.05, 3.63) is 271 Å². The van der Waals surface area contributed by atoms with Crippen LogP contribution in [-0.4, -0.2) is 46.3 Å². The van der Waals surface area contributed by atoms with Gasteiger partial charge in [-0.15, -0.1) is 0 Å². The minimum atomic E-state index is -0.0875. The van der Waals surface area contributed by atoms with E-state index in [1.165, 1.54) is 39.8 Å². The fourth-order valence-electron chi connectivity index (χ4n) is 5.97. The number of hydrogen-bond donors (Lipinski definition) is 0. The second kappa shape index (κ2) is 40.9. The van der Waals surface area contributed by atoms with Gasteiger partial charge in [0.2, 0.25) is 0 Å². The van der Waals surface area contributed by atoms with E-state index in [2.05, 4.69) is 70.4 Å². The van der Waals surface area contributed by atoms with E-state index >= 15 is 0 Å². The zero-order chi connectivity index (χ0) is 64.8. The van der Waals surface area contributed by atoms with Crippen molar-refractivity contribution in [3.63, 3.8) is 0 Å². The standard InChI is InChI=1S/C9H10O.C8H6Br2O.C8H7BrO.C8H5Cl3O.2C8H6Cl2O.C8H7ClO.C8H7IO/c1-7-4-3-5-9(6-7)8(2)10;1-5(11)6-2-7(9)4-8(10)3-6;1-6(10)7-3-2-4-8(9)5-7;1-4(12)5-2-6(9)8(11)7(10)3-5;1-5(11)6-2-7(9)4-8(10)3-6;1-5(11)6-2-3-7(9)8(10)4-6;2*1-6(10)7-3-2-4-8(9)5-7/h3-6H,1-2H3;2-4H,1H3;2-5H,1H3;2-3H,1H3;2*2-4H,1H3;2*2-5H,1H3. The second-order valence-electron chi connectivity index (χ2n) is 17.5. The number of rotatable bonds is 8. The van der Waals surface area contributed by atoms with Crippen LogP contribution < -0.4 is 0 Å². The maximum Gasteiger partial charge on any atom is 0.159 e. The second-order valence-corrected chi connectivity index (χ2v) is 24.9. The largest absolute Gasteiger partial charge is 0.295 e. The highest BCUT2D eigenvalue weighted by molar-refractivity contribution is 14.1. The Morgan fingerprint density at radius 3 is 0.976 bits per heavy atom. The molecule has 20 heteroatoms. The van der Waals surface area contributed by atoms with E-state index in [1.54, 1.807) is 107 Å². The average Bonchev–Trinajstić information content (AvgIpc) is 3.41. The highest BCUT2D eigenvalue weighted by Crippen LogP contribution is 2.31. The Kier molecular flexibility index (Phi) is 37.9. The zero-order valence-corrected chi connectivity index (χ0v) is 59.9. The number of aryl methyl sites for hydroxylation is 1. The first-order valence-electron chi connectivity index (χ1n) is 24.5. The Bertz CT molecular complexity index is 3320. The number of ketones is 8. The number of Topliss-reactive ketones (excluding diaryl/α,β-unsaturated/α-hetero) is 8. The van der Waals surface area contributed by atoms with E-state index in [4.69, 9.17) is 92.8 Å². The van der Waals surface area contributed by atoms with Crippen LogP contribution in [-0.2, 0) is 0 Å². The molecule has 8 nitrogen and oxygen atoms in total. The third-order valence-electron chi connectivity index (χ3n) is 10.4. The summed E-state index contributed by atoms with van der Waals surface area (Å²) in [5.41, 5.74) is 6.42. The molecule has 0 aliphatic heterocycles. The van der Waals surface area contributed by atoms with Crippen LogP contribution >= 0.6 is 163 Å². The van der Waals surface area contributed by atoms with Crippen molar-refractivity contribution in [1.82, 2.24) is 0 Å². The van der Waals surface area contributed by atoms with Gasteiger partial charge in [-0.2, -0.15) is 0 Å². The maximum absolute atomic E-state index is 10.9. The smallest absolute Gasteiger partial charge is 0.159 e. The first-order chi connectivity index (χ1) is 39.6. The van der Waals surface area contributed by atoms with Crippen LogP contribution in [0.15, 0.2) is 177 Å². The van der Waals surface area contributed by atoms with Gasteiger partial charge in [-0.25, -0.2) is 0 Å². The minimum absolute atomic E-state index is 0.0106. The molecule has 0 atom stereocenters. The number of benzene rings is 8. The molecule has 0 heterocycles. The number of carbonyl (C=O) groups is 8. The summed E-state index contributed by atoms with van der Waals surface area (Å²) >= 11 is 57.4. The van der Waals surface area contributed by atoms with Crippen LogP contribution in [0, 0.1) is 10.5 Å². The van der Waals surface area contributed by atoms with E-state index in [0.717, 1.165) is 39.2 Å². The molecular weight excluding hydrogens is 1560 g/mol. The summed E-state index contributed by atoms with van der Waals surface area (Å²) in [6, 6.07) is 47.5. The fraction of sp³-hybridized carbons (Fsp3) is 0.138. The molecule has 0 aliphatic rings. The lowest BCUT2D eigenvalue weighted by Crippen LogP contribution is -1.91. The van der Waals surface area contributed by atoms with Crippen molar-refractivity contribution >= 4 is 209 Å². The van der Waals surface area contributed by atoms with Gasteiger partial charge in [0.15, 0.2) is 46.3 Å². The molecule has 0 N–H and O–H groups in total. The highest BCUT2D eigenvalue weighted by Gasteiger charge is 2.09. The Balaban J connectivity index is 0.000000486. The van der Waals surface area contributed by atoms with E-state index in [0.29, 0.717) is 63.0 Å². The molecule has 0 fully saturated rings. The monoisotopic (exact) mass is 1610 g/mol. The van der Waals surface area contributed by atoms with Gasteiger partial charge in [0.1, 0.15) is 0 Å². The lowest BCUT2D eigenvalue weighted by Gasteiger charge is -2.01. The molecule has 0 radical (unpaired) electrons. The van der Waals surface area contributed by atoms with Gasteiger partial charge < -0.3 is 0 Å². The SMILES string of the molecule is CC(=O)c1cc(Br)cc(Br)c1.CC(=O)c1cc(Cl)c(Cl)c(Cl)c1.CC(=O)c1cc(Cl)cc(Cl)c1.CC(=O)c1ccc(Cl)c(Cl)c1.CC(=O)c1cccc(Br)c1.CC(=O)c1cccc(C)c1.CC(=O)c1cccc(Cl)c1.CC(=O)c1cccc(I)c1. The van der Waals surface area contributed by atoms with Gasteiger partial charge >= 0.3 is 0 Å². The molecule has 0 aromatic heterocycles. The summed E-state index contributed by atoms with van der Waals surface area (Å²) in [7, 11) is 0. The predicted octanol–water partition coefficient (Wildman–Crippen LogP) is 23.5. The number of carbonyl (C=O) groups excluding carboxylic acids is 8. The highest BCUT2D eigenvalue weighted by atomic mass is 127. The summed E-state index contributed by atoms with van der Waals surface area (Å²) in [5, 5.41) is 3.35. The molecule has 0 bridgehead atoms. The van der Waals surface area contributed by atoms with Gasteiger partial charge in [0, 0.05) is 76.6 Å². The van der Waals surface area contributed by atoms with Crippen LogP contribution in [0.25, 0.3) is 0 Å². The summed E-state index contributed by atoms with van der Waals surface area (Å²) in [6.07, 6.45) is 0. The third-order valence-corrected chi connectivity index (χ3v) is 15.1. The molecule has 0 aliphatic carbocycles. The molecule has 0 spiro atoms. The van der Waals surface area contributed by atoms with Crippen LogP contribution in [0.1, 0.15) is 144 Å². The van der Waals surface area contributed by atoms with E-state index in [9.17, 15) is 38.4 Å². The lowest BCUT2D eigenvalue weighted by molar-refractivity contribution is 0.100. The van der Waals surface area contributed by atoms with E-state index in [1.807, 2.05) is 79.7 Å². The third kappa shape index (κ3) is 33.0. The Labute approximate surface area is 575 Å². The Morgan fingerprint density at radius 1 is 0.294 bits per heavy atom. The normalized spacial score (nSPS) is 9.61. The van der Waals surface area contributed by atoms with Gasteiger partial charge in [-0.1, -0.05) is 201 Å². The molecule has 8 aromatic carbocycles. The summed E-state index contributed by atoms with van der Waals surface area (Å²) in [6.45, 7) is 14.2. The molecule has 0 saturated heterocycles. The van der Waals surface area contributed by atoms with E-state index < -0.39 is 0 Å². The van der Waals surface area contributed by atoms with Crippen LogP contribution in [0.3, 0.4) is 0 Å². The number of hydrogen-bond acceptors (Lipinski definition) is 8. The Hall–Kier alpha value is -4.39. The molecule has 0 saturated carbocycles.